The Bertz CT molecular complexity index is 523. The van der Waals surface area contributed by atoms with E-state index in [1.54, 1.807) is 0 Å². The average molecular weight is 278 g/mol. The predicted molar refractivity (Wildman–Crippen MR) is 57.2 cm³/mol. The van der Waals surface area contributed by atoms with Gasteiger partial charge in [0.25, 0.3) is 0 Å². The van der Waals surface area contributed by atoms with E-state index < -0.39 is 23.0 Å². The number of phenols is 1. The van der Waals surface area contributed by atoms with E-state index in [9.17, 15) is 23.1 Å². The molecule has 1 aromatic rings. The lowest BCUT2D eigenvalue weighted by Crippen LogP contribution is -2.09. The molecule has 0 heterocycles. The molecular weight excluding hydrogens is 271 g/mol. The maximum atomic E-state index is 12.5. The largest absolute Gasteiger partial charge is 0.508 e. The van der Waals surface area contributed by atoms with Crippen LogP contribution in [0.4, 0.5) is 13.2 Å². The SMILES string of the molecule is O=C=NC1(c2c(O)cc(C(F)(F)F)cc2Cl)CC1. The molecule has 0 bridgehead atoms. The molecule has 0 amide bonds. The molecule has 1 fully saturated rings. The Labute approximate surface area is 105 Å². The van der Waals surface area contributed by atoms with Crippen molar-refractivity contribution in [1.29, 1.82) is 0 Å². The maximum Gasteiger partial charge on any atom is 0.416 e. The number of nitrogens with zero attached hydrogens (tertiary/aromatic N) is 1. The standard InChI is InChI=1S/C11H7ClF3NO2/c12-7-3-6(11(13,14)15)4-8(18)9(7)10(1-2-10)16-5-17/h3-4,18H,1-2H2. The number of rotatable bonds is 2. The smallest absolute Gasteiger partial charge is 0.416 e. The zero-order valence-electron chi connectivity index (χ0n) is 8.88. The highest BCUT2D eigenvalue weighted by Gasteiger charge is 2.48. The van der Waals surface area contributed by atoms with Crippen molar-refractivity contribution in [2.45, 2.75) is 24.6 Å². The zero-order chi connectivity index (χ0) is 13.6. The molecule has 2 rings (SSSR count). The molecule has 1 aromatic carbocycles. The first-order chi connectivity index (χ1) is 8.30. The molecule has 1 aliphatic rings. The van der Waals surface area contributed by atoms with Crippen LogP contribution in [0.5, 0.6) is 5.75 Å². The highest BCUT2D eigenvalue weighted by atomic mass is 35.5. The van der Waals surface area contributed by atoms with E-state index in [0.717, 1.165) is 6.07 Å². The summed E-state index contributed by atoms with van der Waals surface area (Å²) in [5.74, 6) is -0.605. The number of isocyanates is 1. The van der Waals surface area contributed by atoms with Gasteiger partial charge in [0.1, 0.15) is 11.3 Å². The molecule has 1 aliphatic carbocycles. The summed E-state index contributed by atoms with van der Waals surface area (Å²) in [5.41, 5.74) is -1.99. The molecule has 1 saturated carbocycles. The second kappa shape index (κ2) is 4.00. The van der Waals surface area contributed by atoms with Gasteiger partial charge in [0, 0.05) is 5.56 Å². The van der Waals surface area contributed by atoms with E-state index in [-0.39, 0.29) is 10.6 Å². The Hall–Kier alpha value is -1.52. The summed E-state index contributed by atoms with van der Waals surface area (Å²) in [6, 6.07) is 1.30. The summed E-state index contributed by atoms with van der Waals surface area (Å²) < 4.78 is 37.5. The lowest BCUT2D eigenvalue weighted by molar-refractivity contribution is -0.137. The first-order valence-electron chi connectivity index (χ1n) is 4.99. The van der Waals surface area contributed by atoms with Crippen LogP contribution < -0.4 is 0 Å². The van der Waals surface area contributed by atoms with E-state index >= 15 is 0 Å². The quantitative estimate of drug-likeness (QED) is 0.665. The van der Waals surface area contributed by atoms with Gasteiger partial charge in [-0.3, -0.25) is 0 Å². The summed E-state index contributed by atoms with van der Waals surface area (Å²) in [5, 5.41) is 9.41. The fourth-order valence-corrected chi connectivity index (χ4v) is 2.23. The normalized spacial score (nSPS) is 17.1. The molecule has 0 radical (unpaired) electrons. The van der Waals surface area contributed by atoms with Crippen molar-refractivity contribution in [3.63, 3.8) is 0 Å². The summed E-state index contributed by atoms with van der Waals surface area (Å²) in [4.78, 5) is 13.8. The van der Waals surface area contributed by atoms with E-state index in [2.05, 4.69) is 4.99 Å². The third-order valence-corrected chi connectivity index (χ3v) is 3.14. The van der Waals surface area contributed by atoms with Crippen LogP contribution in [-0.2, 0) is 16.5 Å². The van der Waals surface area contributed by atoms with Crippen molar-refractivity contribution in [2.24, 2.45) is 4.99 Å². The van der Waals surface area contributed by atoms with Gasteiger partial charge >= 0.3 is 6.18 Å². The topological polar surface area (TPSA) is 49.7 Å². The Balaban J connectivity index is 2.56. The molecule has 0 aliphatic heterocycles. The van der Waals surface area contributed by atoms with E-state index in [1.165, 1.54) is 6.08 Å². The molecule has 7 heteroatoms. The molecule has 18 heavy (non-hydrogen) atoms. The Morgan fingerprint density at radius 1 is 1.39 bits per heavy atom. The second-order valence-electron chi connectivity index (χ2n) is 4.08. The van der Waals surface area contributed by atoms with Gasteiger partial charge < -0.3 is 5.11 Å². The van der Waals surface area contributed by atoms with Crippen LogP contribution in [0.25, 0.3) is 0 Å². The number of carbonyl (C=O) groups excluding carboxylic acids is 1. The fraction of sp³-hybridized carbons (Fsp3) is 0.364. The van der Waals surface area contributed by atoms with Gasteiger partial charge in [0.05, 0.1) is 10.6 Å². The summed E-state index contributed by atoms with van der Waals surface area (Å²) in [6.07, 6.45) is -2.35. The maximum absolute atomic E-state index is 12.5. The van der Waals surface area contributed by atoms with Gasteiger partial charge in [0.15, 0.2) is 0 Å². The van der Waals surface area contributed by atoms with Gasteiger partial charge in [-0.1, -0.05) is 11.6 Å². The van der Waals surface area contributed by atoms with Gasteiger partial charge in [-0.05, 0) is 25.0 Å². The van der Waals surface area contributed by atoms with Crippen molar-refractivity contribution in [3.8, 4) is 5.75 Å². The van der Waals surface area contributed by atoms with Crippen molar-refractivity contribution < 1.29 is 23.1 Å². The van der Waals surface area contributed by atoms with Gasteiger partial charge in [0.2, 0.25) is 6.08 Å². The summed E-state index contributed by atoms with van der Waals surface area (Å²) in [7, 11) is 0. The van der Waals surface area contributed by atoms with Crippen LogP contribution in [0.2, 0.25) is 5.02 Å². The van der Waals surface area contributed by atoms with Crippen LogP contribution in [0.1, 0.15) is 24.0 Å². The van der Waals surface area contributed by atoms with Crippen molar-refractivity contribution in [3.05, 3.63) is 28.3 Å². The van der Waals surface area contributed by atoms with E-state index in [4.69, 9.17) is 11.6 Å². The minimum absolute atomic E-state index is 0.0560. The fourth-order valence-electron chi connectivity index (χ4n) is 1.84. The lowest BCUT2D eigenvalue weighted by Gasteiger charge is -2.15. The monoisotopic (exact) mass is 277 g/mol. The minimum atomic E-state index is -4.59. The number of halogens is 4. The molecule has 1 N–H and O–H groups in total. The highest BCUT2D eigenvalue weighted by Crippen LogP contribution is 2.55. The molecular formula is C11H7ClF3NO2. The van der Waals surface area contributed by atoms with Crippen LogP contribution in [0.3, 0.4) is 0 Å². The summed E-state index contributed by atoms with van der Waals surface area (Å²) >= 11 is 5.75. The number of phenolic OH excluding ortho intramolecular Hbond substituents is 1. The van der Waals surface area contributed by atoms with Crippen LogP contribution in [0.15, 0.2) is 17.1 Å². The number of aliphatic imine (C=N–C) groups is 1. The summed E-state index contributed by atoms with van der Waals surface area (Å²) in [6.45, 7) is 0. The lowest BCUT2D eigenvalue weighted by atomic mass is 10.0. The molecule has 0 aromatic heterocycles. The molecule has 0 saturated heterocycles. The number of hydrogen-bond donors (Lipinski definition) is 1. The van der Waals surface area contributed by atoms with E-state index in [1.807, 2.05) is 0 Å². The van der Waals surface area contributed by atoms with Crippen LogP contribution in [0, 0.1) is 0 Å². The molecule has 96 valence electrons. The number of benzene rings is 1. The van der Waals surface area contributed by atoms with Gasteiger partial charge in [-0.15, -0.1) is 0 Å². The highest BCUT2D eigenvalue weighted by molar-refractivity contribution is 6.31. The predicted octanol–water partition coefficient (Wildman–Crippen LogP) is 3.39. The molecule has 3 nitrogen and oxygen atoms in total. The number of hydrogen-bond acceptors (Lipinski definition) is 3. The number of alkyl halides is 3. The van der Waals surface area contributed by atoms with Crippen LogP contribution in [-0.4, -0.2) is 11.2 Å². The Morgan fingerprint density at radius 3 is 2.39 bits per heavy atom. The molecule has 0 atom stereocenters. The third-order valence-electron chi connectivity index (χ3n) is 2.85. The third kappa shape index (κ3) is 2.09. The van der Waals surface area contributed by atoms with Crippen molar-refractivity contribution in [1.82, 2.24) is 0 Å². The Morgan fingerprint density at radius 2 is 2.00 bits per heavy atom. The molecule has 0 unspecified atom stereocenters. The van der Waals surface area contributed by atoms with Crippen molar-refractivity contribution >= 4 is 17.7 Å². The van der Waals surface area contributed by atoms with Crippen molar-refractivity contribution in [2.75, 3.05) is 0 Å². The zero-order valence-corrected chi connectivity index (χ0v) is 9.64. The Kier molecular flexibility index (Phi) is 2.87. The minimum Gasteiger partial charge on any atom is -0.508 e. The first-order valence-corrected chi connectivity index (χ1v) is 5.37. The van der Waals surface area contributed by atoms with E-state index in [0.29, 0.717) is 18.9 Å². The number of aromatic hydroxyl groups is 1. The molecule has 0 spiro atoms. The van der Waals surface area contributed by atoms with Gasteiger partial charge in [-0.25, -0.2) is 4.79 Å². The average Bonchev–Trinajstić information content (AvgIpc) is 2.96. The first kappa shape index (κ1) is 12.9. The second-order valence-corrected chi connectivity index (χ2v) is 4.49. The van der Waals surface area contributed by atoms with Gasteiger partial charge in [-0.2, -0.15) is 18.2 Å². The van der Waals surface area contributed by atoms with Crippen LogP contribution >= 0.6 is 11.6 Å².